The number of nitrogens with two attached hydrogens (primary N) is 1. The van der Waals surface area contributed by atoms with Gasteiger partial charge in [-0.1, -0.05) is 65.0 Å². The van der Waals surface area contributed by atoms with E-state index in [1.165, 1.54) is 16.7 Å². The van der Waals surface area contributed by atoms with Crippen LogP contribution in [0.15, 0.2) is 18.2 Å². The maximum absolute atomic E-state index is 5.68. The van der Waals surface area contributed by atoms with Crippen LogP contribution >= 0.6 is 12.2 Å². The lowest BCUT2D eigenvalue weighted by Gasteiger charge is -2.23. The summed E-state index contributed by atoms with van der Waals surface area (Å²) >= 11 is 5.04. The summed E-state index contributed by atoms with van der Waals surface area (Å²) in [5, 5.41) is 0. The summed E-state index contributed by atoms with van der Waals surface area (Å²) in [5.41, 5.74) is 10.1. The minimum Gasteiger partial charge on any atom is -0.393 e. The predicted octanol–water partition coefficient (Wildman–Crippen LogP) is 4.33. The maximum atomic E-state index is 5.68. The van der Waals surface area contributed by atoms with Gasteiger partial charge in [0.15, 0.2) is 0 Å². The molecule has 0 saturated carbocycles. The number of benzene rings is 1. The molecule has 0 spiro atoms. The molecule has 0 fully saturated rings. The molecule has 0 aliphatic rings. The SMILES string of the molecule is CCc1ccc(C(C)(C)C)cc1C(C)CC(N)=S. The van der Waals surface area contributed by atoms with Crippen molar-refractivity contribution in [1.82, 2.24) is 0 Å². The van der Waals surface area contributed by atoms with Crippen molar-refractivity contribution < 1.29 is 0 Å². The minimum atomic E-state index is 0.184. The number of rotatable bonds is 4. The van der Waals surface area contributed by atoms with Crippen LogP contribution < -0.4 is 5.73 Å². The largest absolute Gasteiger partial charge is 0.393 e. The van der Waals surface area contributed by atoms with Crippen molar-refractivity contribution in [3.05, 3.63) is 34.9 Å². The van der Waals surface area contributed by atoms with Gasteiger partial charge in [0, 0.05) is 6.42 Å². The molecule has 1 aromatic rings. The lowest BCUT2D eigenvalue weighted by Crippen LogP contribution is -2.15. The Labute approximate surface area is 117 Å². The van der Waals surface area contributed by atoms with E-state index in [9.17, 15) is 0 Å². The van der Waals surface area contributed by atoms with Crippen LogP contribution in [0.1, 0.15) is 63.6 Å². The Hall–Kier alpha value is -0.890. The molecule has 0 bridgehead atoms. The molecule has 1 unspecified atom stereocenters. The Morgan fingerprint density at radius 1 is 1.33 bits per heavy atom. The van der Waals surface area contributed by atoms with E-state index >= 15 is 0 Å². The van der Waals surface area contributed by atoms with Crippen molar-refractivity contribution >= 4 is 17.2 Å². The van der Waals surface area contributed by atoms with E-state index in [0.717, 1.165) is 12.8 Å². The van der Waals surface area contributed by atoms with Gasteiger partial charge in [-0.25, -0.2) is 0 Å². The standard InChI is InChI=1S/C16H25NS/c1-6-12-7-8-13(16(3,4)5)10-14(12)11(2)9-15(17)18/h7-8,10-11H,6,9H2,1-5H3,(H2,17,18). The third-order valence-corrected chi connectivity index (χ3v) is 3.60. The van der Waals surface area contributed by atoms with Gasteiger partial charge in [0.25, 0.3) is 0 Å². The van der Waals surface area contributed by atoms with Crippen molar-refractivity contribution in [3.8, 4) is 0 Å². The fraction of sp³-hybridized carbons (Fsp3) is 0.562. The molecule has 1 rings (SSSR count). The Bertz CT molecular complexity index is 429. The van der Waals surface area contributed by atoms with Crippen molar-refractivity contribution in [1.29, 1.82) is 0 Å². The molecule has 18 heavy (non-hydrogen) atoms. The van der Waals surface area contributed by atoms with Gasteiger partial charge in [-0.2, -0.15) is 0 Å². The van der Waals surface area contributed by atoms with E-state index in [4.69, 9.17) is 18.0 Å². The van der Waals surface area contributed by atoms with E-state index in [1.807, 2.05) is 0 Å². The Morgan fingerprint density at radius 2 is 1.94 bits per heavy atom. The summed E-state index contributed by atoms with van der Waals surface area (Å²) in [6, 6.07) is 6.84. The topological polar surface area (TPSA) is 26.0 Å². The second kappa shape index (κ2) is 5.83. The average Bonchev–Trinajstić information content (AvgIpc) is 2.26. The lowest BCUT2D eigenvalue weighted by atomic mass is 9.82. The van der Waals surface area contributed by atoms with Crippen LogP contribution in [0.5, 0.6) is 0 Å². The number of hydrogen-bond donors (Lipinski definition) is 1. The smallest absolute Gasteiger partial charge is 0.0733 e. The number of hydrogen-bond acceptors (Lipinski definition) is 1. The third kappa shape index (κ3) is 3.81. The molecule has 0 amide bonds. The summed E-state index contributed by atoms with van der Waals surface area (Å²) in [7, 11) is 0. The molecule has 0 aromatic heterocycles. The van der Waals surface area contributed by atoms with Gasteiger partial charge in [-0.3, -0.25) is 0 Å². The molecule has 0 radical (unpaired) electrons. The highest BCUT2D eigenvalue weighted by Crippen LogP contribution is 2.30. The Kier molecular flexibility index (Phi) is 4.92. The fourth-order valence-electron chi connectivity index (χ4n) is 2.25. The molecule has 2 heteroatoms. The first-order chi connectivity index (χ1) is 8.25. The third-order valence-electron chi connectivity index (χ3n) is 3.43. The van der Waals surface area contributed by atoms with Crippen molar-refractivity contribution in [2.24, 2.45) is 5.73 Å². The molecule has 0 aliphatic carbocycles. The number of thiocarbonyl (C=S) groups is 1. The van der Waals surface area contributed by atoms with Gasteiger partial charge in [-0.15, -0.1) is 0 Å². The van der Waals surface area contributed by atoms with Gasteiger partial charge in [-0.05, 0) is 34.4 Å². The summed E-state index contributed by atoms with van der Waals surface area (Å²) in [6.45, 7) is 11.1. The molecule has 0 saturated heterocycles. The highest BCUT2D eigenvalue weighted by Gasteiger charge is 2.17. The summed E-state index contributed by atoms with van der Waals surface area (Å²) < 4.78 is 0. The van der Waals surface area contributed by atoms with Crippen LogP contribution in [0.2, 0.25) is 0 Å². The predicted molar refractivity (Wildman–Crippen MR) is 84.3 cm³/mol. The summed E-state index contributed by atoms with van der Waals surface area (Å²) in [6.07, 6.45) is 1.84. The second-order valence-corrected chi connectivity index (χ2v) is 6.61. The lowest BCUT2D eigenvalue weighted by molar-refractivity contribution is 0.587. The molecule has 0 heterocycles. The molecule has 2 N–H and O–H groups in total. The summed E-state index contributed by atoms with van der Waals surface area (Å²) in [5.74, 6) is 0.403. The first kappa shape index (κ1) is 15.2. The van der Waals surface area contributed by atoms with Crippen molar-refractivity contribution in [2.75, 3.05) is 0 Å². The number of aryl methyl sites for hydroxylation is 1. The first-order valence-electron chi connectivity index (χ1n) is 6.67. The molecule has 0 aliphatic heterocycles. The minimum absolute atomic E-state index is 0.184. The van der Waals surface area contributed by atoms with Gasteiger partial charge >= 0.3 is 0 Å². The van der Waals surface area contributed by atoms with E-state index < -0.39 is 0 Å². The molecule has 1 atom stereocenters. The Morgan fingerprint density at radius 3 is 2.39 bits per heavy atom. The van der Waals surface area contributed by atoms with Crippen LogP contribution in [-0.4, -0.2) is 4.99 Å². The molecular formula is C16H25NS. The molecular weight excluding hydrogens is 238 g/mol. The van der Waals surface area contributed by atoms with Gasteiger partial charge in [0.05, 0.1) is 4.99 Å². The highest BCUT2D eigenvalue weighted by atomic mass is 32.1. The first-order valence-corrected chi connectivity index (χ1v) is 7.08. The zero-order valence-electron chi connectivity index (χ0n) is 12.2. The van der Waals surface area contributed by atoms with Crippen molar-refractivity contribution in [3.63, 3.8) is 0 Å². The fourth-order valence-corrected chi connectivity index (χ4v) is 2.50. The molecule has 100 valence electrons. The quantitative estimate of drug-likeness (QED) is 0.818. The monoisotopic (exact) mass is 263 g/mol. The van der Waals surface area contributed by atoms with E-state index in [2.05, 4.69) is 52.8 Å². The van der Waals surface area contributed by atoms with Crippen LogP contribution in [-0.2, 0) is 11.8 Å². The van der Waals surface area contributed by atoms with Crippen LogP contribution in [0, 0.1) is 0 Å². The highest BCUT2D eigenvalue weighted by molar-refractivity contribution is 7.80. The van der Waals surface area contributed by atoms with Crippen LogP contribution in [0.4, 0.5) is 0 Å². The summed E-state index contributed by atoms with van der Waals surface area (Å²) in [4.78, 5) is 0.603. The molecule has 1 aromatic carbocycles. The zero-order valence-corrected chi connectivity index (χ0v) is 13.0. The second-order valence-electron chi connectivity index (χ2n) is 6.09. The van der Waals surface area contributed by atoms with Crippen LogP contribution in [0.25, 0.3) is 0 Å². The van der Waals surface area contributed by atoms with Crippen LogP contribution in [0.3, 0.4) is 0 Å². The Balaban J connectivity index is 3.17. The normalized spacial score (nSPS) is 13.4. The molecule has 1 nitrogen and oxygen atoms in total. The van der Waals surface area contributed by atoms with Gasteiger partial charge < -0.3 is 5.73 Å². The van der Waals surface area contributed by atoms with E-state index in [1.54, 1.807) is 0 Å². The maximum Gasteiger partial charge on any atom is 0.0733 e. The van der Waals surface area contributed by atoms with Gasteiger partial charge in [0.2, 0.25) is 0 Å². The van der Waals surface area contributed by atoms with Crippen molar-refractivity contribution in [2.45, 2.75) is 58.8 Å². The van der Waals surface area contributed by atoms with E-state index in [-0.39, 0.29) is 5.41 Å². The zero-order chi connectivity index (χ0) is 13.9. The average molecular weight is 263 g/mol. The van der Waals surface area contributed by atoms with E-state index in [0.29, 0.717) is 10.9 Å². The van der Waals surface area contributed by atoms with Gasteiger partial charge in [0.1, 0.15) is 0 Å².